The van der Waals surface area contributed by atoms with Gasteiger partial charge in [-0.15, -0.1) is 13.2 Å². The van der Waals surface area contributed by atoms with E-state index in [1.807, 2.05) is 30.3 Å². The molecular weight excluding hydrogens is 760 g/mol. The highest BCUT2D eigenvalue weighted by Gasteiger charge is 2.77. The molecule has 4 heterocycles. The monoisotopic (exact) mass is 816 g/mol. The van der Waals surface area contributed by atoms with E-state index in [1.54, 1.807) is 22.0 Å². The van der Waals surface area contributed by atoms with Crippen molar-refractivity contribution >= 4 is 39.6 Å². The molecule has 8 atom stereocenters. The molecule has 298 valence electrons. The number of hydrogen-bond acceptors (Lipinski definition) is 10. The lowest BCUT2D eigenvalue weighted by molar-refractivity contribution is -0.163. The summed E-state index contributed by atoms with van der Waals surface area (Å²) in [5.74, 6) is -3.35. The number of amides is 3. The average Bonchev–Trinajstić information content (AvgIpc) is 3.77. The molecule has 4 aliphatic heterocycles. The summed E-state index contributed by atoms with van der Waals surface area (Å²) in [5.41, 5.74) is -0.602. The molecule has 0 aliphatic carbocycles. The largest absolute Gasteiger partial charge is 0.455 e. The van der Waals surface area contributed by atoms with Crippen molar-refractivity contribution in [3.63, 3.8) is 0 Å². The van der Waals surface area contributed by atoms with Crippen LogP contribution in [0.15, 0.2) is 55.6 Å². The van der Waals surface area contributed by atoms with Crippen LogP contribution in [0, 0.1) is 11.8 Å². The van der Waals surface area contributed by atoms with Crippen molar-refractivity contribution in [1.82, 2.24) is 20.0 Å². The van der Waals surface area contributed by atoms with E-state index in [0.717, 1.165) is 25.9 Å². The number of aliphatic hydroxyl groups is 1. The number of hydrogen-bond donors (Lipinski definition) is 2. The zero-order valence-corrected chi connectivity index (χ0v) is 33.0. The maximum absolute atomic E-state index is 14.8. The molecule has 0 aromatic heterocycles. The zero-order valence-electron chi connectivity index (χ0n) is 31.5. The molecule has 2 bridgehead atoms. The minimum absolute atomic E-state index is 0.0643. The highest BCUT2D eigenvalue weighted by molar-refractivity contribution is 9.09. The number of rotatable bonds is 22. The van der Waals surface area contributed by atoms with Crippen LogP contribution in [0.25, 0.3) is 0 Å². The number of carbonyl (C=O) groups excluding carboxylic acids is 4. The van der Waals surface area contributed by atoms with Gasteiger partial charge in [0.05, 0.1) is 43.8 Å². The Bertz CT molecular complexity index is 1450. The van der Waals surface area contributed by atoms with Gasteiger partial charge in [-0.2, -0.15) is 0 Å². The van der Waals surface area contributed by atoms with Crippen LogP contribution in [0.2, 0.25) is 0 Å². The van der Waals surface area contributed by atoms with Gasteiger partial charge in [0.15, 0.2) is 0 Å². The quantitative estimate of drug-likeness (QED) is 0.0776. The van der Waals surface area contributed by atoms with E-state index in [-0.39, 0.29) is 42.2 Å². The van der Waals surface area contributed by atoms with Crippen LogP contribution in [0.4, 0.5) is 0 Å². The van der Waals surface area contributed by atoms with E-state index >= 15 is 0 Å². The molecule has 1 aromatic rings. The second-order valence-electron chi connectivity index (χ2n) is 14.6. The van der Waals surface area contributed by atoms with Gasteiger partial charge in [0.25, 0.3) is 0 Å². The van der Waals surface area contributed by atoms with Crippen molar-refractivity contribution in [1.29, 1.82) is 0 Å². The smallest absolute Gasteiger partial charge is 0.313 e. The number of nitrogens with one attached hydrogen (secondary N) is 1. The molecule has 4 fully saturated rings. The molecular formula is C40H57BrN4O9. The third-order valence-corrected chi connectivity index (χ3v) is 11.9. The molecule has 1 aromatic carbocycles. The Labute approximate surface area is 327 Å². The molecule has 0 saturated carbocycles. The van der Waals surface area contributed by atoms with Crippen LogP contribution in [0.3, 0.4) is 0 Å². The third kappa shape index (κ3) is 9.44. The number of morpholine rings is 1. The Hall–Kier alpha value is -3.14. The Kier molecular flexibility index (Phi) is 15.7. The van der Waals surface area contributed by atoms with Crippen molar-refractivity contribution < 1.29 is 43.2 Å². The topological polar surface area (TPSA) is 147 Å². The minimum atomic E-state index is -1.26. The molecule has 14 heteroatoms. The molecule has 0 radical (unpaired) electrons. The van der Waals surface area contributed by atoms with Gasteiger partial charge >= 0.3 is 5.97 Å². The van der Waals surface area contributed by atoms with E-state index < -0.39 is 47.7 Å². The molecule has 5 rings (SSSR count). The fourth-order valence-electron chi connectivity index (χ4n) is 8.50. The van der Waals surface area contributed by atoms with Crippen LogP contribution < -0.4 is 5.32 Å². The standard InChI is InChI=1S/C40H57BrN4O9/c1-4-6-16-31(47)42-30(27-51-3)34(28-14-10-9-11-15-28)53-39(50)32-33-37(48)45(18-12-7-8-13-23-46)36(40(33)26-29(41)35(32)54-40)38(49)44(17-5-2)20-19-43-21-24-52-25-22-43/h4-5,9-11,14-15,29-30,32-36,46H,1-2,6-8,12-13,16-27H2,3H3,(H,42,47)/t29?,30-,32+,33-,34-,35+,36+,40-/m0/s1. The third-order valence-electron chi connectivity index (χ3n) is 11.1. The van der Waals surface area contributed by atoms with Crippen LogP contribution in [-0.2, 0) is 38.1 Å². The molecule has 2 N–H and O–H groups in total. The fraction of sp³-hybridized carbons (Fsp3) is 0.650. The second kappa shape index (κ2) is 20.1. The number of benzene rings is 1. The van der Waals surface area contributed by atoms with Gasteiger partial charge < -0.3 is 39.2 Å². The van der Waals surface area contributed by atoms with Crippen molar-refractivity contribution in [3.8, 4) is 0 Å². The molecule has 1 unspecified atom stereocenters. The van der Waals surface area contributed by atoms with Crippen molar-refractivity contribution in [2.45, 2.75) is 79.7 Å². The Morgan fingerprint density at radius 3 is 2.54 bits per heavy atom. The number of nitrogens with zero attached hydrogens (tertiary/aromatic N) is 3. The predicted molar refractivity (Wildman–Crippen MR) is 206 cm³/mol. The zero-order chi connectivity index (χ0) is 38.7. The Morgan fingerprint density at radius 2 is 1.85 bits per heavy atom. The SMILES string of the molecule is C=CCCC(=O)N[C@@H](COC)[C@@H](OC(=O)[C@H]1[C@@H]2O[C@@]3(CC2Br)[C@@H]1C(=O)N(CCCCCCO)[C@@H]3C(=O)N(CC=C)CCN1CCOCC1)c1ccccc1. The molecule has 4 aliphatic rings. The fourth-order valence-corrected chi connectivity index (χ4v) is 9.44. The summed E-state index contributed by atoms with van der Waals surface area (Å²) in [6, 6.07) is 7.47. The predicted octanol–water partition coefficient (Wildman–Crippen LogP) is 3.02. The number of methoxy groups -OCH3 is 1. The first-order valence-corrected chi connectivity index (χ1v) is 20.2. The van der Waals surface area contributed by atoms with Gasteiger partial charge in [-0.25, -0.2) is 0 Å². The number of alkyl halides is 1. The summed E-state index contributed by atoms with van der Waals surface area (Å²) < 4.78 is 24.2. The van der Waals surface area contributed by atoms with Crippen LogP contribution in [0.1, 0.15) is 56.6 Å². The van der Waals surface area contributed by atoms with Gasteiger partial charge in [0, 0.05) is 64.2 Å². The van der Waals surface area contributed by atoms with Gasteiger partial charge in [-0.3, -0.25) is 24.1 Å². The minimum Gasteiger partial charge on any atom is -0.455 e. The van der Waals surface area contributed by atoms with E-state index in [4.69, 9.17) is 18.9 Å². The van der Waals surface area contributed by atoms with E-state index in [2.05, 4.69) is 39.3 Å². The first-order valence-electron chi connectivity index (χ1n) is 19.3. The lowest BCUT2D eigenvalue weighted by Crippen LogP contribution is -2.57. The second-order valence-corrected chi connectivity index (χ2v) is 15.8. The number of unbranched alkanes of at least 4 members (excludes halogenated alkanes) is 3. The molecule has 3 amide bonds. The lowest BCUT2D eigenvalue weighted by atomic mass is 9.70. The maximum Gasteiger partial charge on any atom is 0.313 e. The lowest BCUT2D eigenvalue weighted by Gasteiger charge is -2.38. The molecule has 4 saturated heterocycles. The highest BCUT2D eigenvalue weighted by Crippen LogP contribution is 2.60. The van der Waals surface area contributed by atoms with Gasteiger partial charge in [0.2, 0.25) is 17.7 Å². The van der Waals surface area contributed by atoms with E-state index in [0.29, 0.717) is 70.6 Å². The molecule has 1 spiro atoms. The number of carbonyl (C=O) groups is 4. The number of fused-ring (bicyclic) bond motifs is 1. The number of halogens is 1. The summed E-state index contributed by atoms with van der Waals surface area (Å²) in [6.45, 7) is 12.3. The number of allylic oxidation sites excluding steroid dienone is 1. The van der Waals surface area contributed by atoms with Crippen LogP contribution in [0.5, 0.6) is 0 Å². The van der Waals surface area contributed by atoms with Gasteiger partial charge in [0.1, 0.15) is 17.7 Å². The summed E-state index contributed by atoms with van der Waals surface area (Å²) in [5, 5.41) is 12.3. The van der Waals surface area contributed by atoms with Gasteiger partial charge in [-0.1, -0.05) is 71.3 Å². The number of likely N-dealkylation sites (tertiary alicyclic amines) is 1. The Balaban J connectivity index is 1.45. The summed E-state index contributed by atoms with van der Waals surface area (Å²) in [6.07, 6.45) is 5.61. The van der Waals surface area contributed by atoms with Crippen LogP contribution >= 0.6 is 15.9 Å². The van der Waals surface area contributed by atoms with Crippen LogP contribution in [-0.4, -0.2) is 145 Å². The normalized spacial score (nSPS) is 27.3. The van der Waals surface area contributed by atoms with E-state index in [1.165, 1.54) is 7.11 Å². The summed E-state index contributed by atoms with van der Waals surface area (Å²) in [7, 11) is 1.51. The number of aliphatic hydroxyl groups excluding tert-OH is 1. The number of esters is 1. The average molecular weight is 818 g/mol. The molecule has 54 heavy (non-hydrogen) atoms. The Morgan fingerprint density at radius 1 is 1.11 bits per heavy atom. The first kappa shape index (κ1) is 42.0. The van der Waals surface area contributed by atoms with Gasteiger partial charge in [-0.05, 0) is 31.2 Å². The maximum atomic E-state index is 14.8. The van der Waals surface area contributed by atoms with Crippen molar-refractivity contribution in [2.24, 2.45) is 11.8 Å². The summed E-state index contributed by atoms with van der Waals surface area (Å²) >= 11 is 3.77. The molecule has 13 nitrogen and oxygen atoms in total. The van der Waals surface area contributed by atoms with E-state index in [9.17, 15) is 24.3 Å². The highest BCUT2D eigenvalue weighted by atomic mass is 79.9. The number of ether oxygens (including phenoxy) is 4. The summed E-state index contributed by atoms with van der Waals surface area (Å²) in [4.78, 5) is 62.5. The van der Waals surface area contributed by atoms with Crippen molar-refractivity contribution in [3.05, 3.63) is 61.2 Å². The van der Waals surface area contributed by atoms with Crippen molar-refractivity contribution in [2.75, 3.05) is 72.8 Å². The first-order chi connectivity index (χ1) is 26.2.